The fourth-order valence-corrected chi connectivity index (χ4v) is 1.94. The summed E-state index contributed by atoms with van der Waals surface area (Å²) in [5.74, 6) is -0.552. The molecule has 1 aromatic rings. The first-order valence-electron chi connectivity index (χ1n) is 7.30. The molecule has 0 N–H and O–H groups in total. The highest BCUT2D eigenvalue weighted by Gasteiger charge is 2.24. The van der Waals surface area contributed by atoms with Gasteiger partial charge in [0.2, 0.25) is 0 Å². The summed E-state index contributed by atoms with van der Waals surface area (Å²) in [7, 11) is 1.38. The zero-order chi connectivity index (χ0) is 16.4. The molecule has 0 saturated carbocycles. The molecule has 22 heavy (non-hydrogen) atoms. The molecule has 0 aliphatic rings. The predicted molar refractivity (Wildman–Crippen MR) is 82.6 cm³/mol. The van der Waals surface area contributed by atoms with E-state index in [2.05, 4.69) is 5.16 Å². The van der Waals surface area contributed by atoms with Gasteiger partial charge in [0, 0.05) is 24.3 Å². The Balaban J connectivity index is 3.26. The van der Waals surface area contributed by atoms with Crippen LogP contribution in [-0.2, 0) is 23.8 Å². The summed E-state index contributed by atoms with van der Waals surface area (Å²) in [6.07, 6.45) is -0.581. The van der Waals surface area contributed by atoms with Crippen LogP contribution in [0.15, 0.2) is 29.4 Å². The largest absolute Gasteiger partial charge is 0.461 e. The van der Waals surface area contributed by atoms with Gasteiger partial charge in [0.25, 0.3) is 0 Å². The molecule has 0 bridgehead atoms. The van der Waals surface area contributed by atoms with Crippen molar-refractivity contribution in [2.75, 3.05) is 26.9 Å². The van der Waals surface area contributed by atoms with Crippen LogP contribution in [-0.4, -0.2) is 38.6 Å². The summed E-state index contributed by atoms with van der Waals surface area (Å²) >= 11 is 0. The monoisotopic (exact) mass is 309 g/mol. The second-order valence-corrected chi connectivity index (χ2v) is 4.17. The lowest BCUT2D eigenvalue weighted by atomic mass is 10.0. The number of ether oxygens (including phenoxy) is 3. The Hall–Kier alpha value is -1.92. The lowest BCUT2D eigenvalue weighted by molar-refractivity contribution is -0.140. The van der Waals surface area contributed by atoms with Crippen molar-refractivity contribution in [1.29, 1.82) is 0 Å². The van der Waals surface area contributed by atoms with E-state index in [-0.39, 0.29) is 12.3 Å². The van der Waals surface area contributed by atoms with Gasteiger partial charge in [0.1, 0.15) is 7.11 Å². The first kappa shape index (κ1) is 18.1. The van der Waals surface area contributed by atoms with Crippen LogP contribution in [0.4, 0.5) is 0 Å². The summed E-state index contributed by atoms with van der Waals surface area (Å²) in [5.41, 5.74) is 1.36. The van der Waals surface area contributed by atoms with Crippen LogP contribution in [0.2, 0.25) is 0 Å². The van der Waals surface area contributed by atoms with Crippen molar-refractivity contribution in [2.24, 2.45) is 5.16 Å². The van der Waals surface area contributed by atoms with Crippen molar-refractivity contribution in [1.82, 2.24) is 0 Å². The minimum atomic E-state index is -0.581. The molecule has 122 valence electrons. The van der Waals surface area contributed by atoms with E-state index >= 15 is 0 Å². The lowest BCUT2D eigenvalue weighted by Crippen LogP contribution is -2.22. The molecule has 1 aromatic carbocycles. The Morgan fingerprint density at radius 1 is 1.09 bits per heavy atom. The van der Waals surface area contributed by atoms with Crippen molar-refractivity contribution in [3.8, 4) is 0 Å². The summed E-state index contributed by atoms with van der Waals surface area (Å²) in [6.45, 7) is 6.71. The summed E-state index contributed by atoms with van der Waals surface area (Å²) < 4.78 is 16.2. The third-order valence-electron chi connectivity index (χ3n) is 2.76. The average molecular weight is 309 g/mol. The number of hydrogen-bond donors (Lipinski definition) is 0. The van der Waals surface area contributed by atoms with Gasteiger partial charge in [-0.2, -0.15) is 0 Å². The van der Waals surface area contributed by atoms with Gasteiger partial charge in [0.05, 0.1) is 6.61 Å². The van der Waals surface area contributed by atoms with Gasteiger partial charge in [0.15, 0.2) is 12.0 Å². The highest BCUT2D eigenvalue weighted by molar-refractivity contribution is 6.43. The number of rotatable bonds is 9. The van der Waals surface area contributed by atoms with E-state index in [1.54, 1.807) is 19.1 Å². The molecule has 0 atom stereocenters. The van der Waals surface area contributed by atoms with Crippen LogP contribution in [0.25, 0.3) is 0 Å². The number of hydrogen-bond acceptors (Lipinski definition) is 6. The van der Waals surface area contributed by atoms with Gasteiger partial charge in [-0.05, 0) is 20.8 Å². The summed E-state index contributed by atoms with van der Waals surface area (Å²) in [6, 6.07) is 7.24. The number of oxime groups is 1. The van der Waals surface area contributed by atoms with E-state index in [1.165, 1.54) is 7.11 Å². The van der Waals surface area contributed by atoms with Crippen LogP contribution >= 0.6 is 0 Å². The van der Waals surface area contributed by atoms with Crippen LogP contribution in [0.1, 0.15) is 38.2 Å². The van der Waals surface area contributed by atoms with Crippen molar-refractivity contribution in [3.05, 3.63) is 35.4 Å². The van der Waals surface area contributed by atoms with E-state index in [1.807, 2.05) is 26.0 Å². The van der Waals surface area contributed by atoms with Crippen molar-refractivity contribution >= 4 is 11.7 Å². The Labute approximate surface area is 131 Å². The molecule has 0 saturated heterocycles. The zero-order valence-electron chi connectivity index (χ0n) is 13.5. The molecule has 0 unspecified atom stereocenters. The van der Waals surface area contributed by atoms with Crippen LogP contribution in [0.5, 0.6) is 0 Å². The first-order chi connectivity index (χ1) is 10.7. The Kier molecular flexibility index (Phi) is 8.17. The van der Waals surface area contributed by atoms with Gasteiger partial charge >= 0.3 is 5.97 Å². The molecule has 0 radical (unpaired) electrons. The molecular formula is C16H23NO5. The minimum Gasteiger partial charge on any atom is -0.461 e. The Bertz CT molecular complexity index is 495. The van der Waals surface area contributed by atoms with Gasteiger partial charge in [-0.1, -0.05) is 29.4 Å². The molecule has 1 rings (SSSR count). The average Bonchev–Trinajstić information content (AvgIpc) is 2.52. The highest BCUT2D eigenvalue weighted by atomic mass is 16.7. The third-order valence-corrected chi connectivity index (χ3v) is 2.76. The van der Waals surface area contributed by atoms with E-state index in [0.29, 0.717) is 24.3 Å². The fourth-order valence-electron chi connectivity index (χ4n) is 1.94. The maximum absolute atomic E-state index is 12.1. The Morgan fingerprint density at radius 2 is 1.73 bits per heavy atom. The molecule has 0 amide bonds. The van der Waals surface area contributed by atoms with Gasteiger partial charge in [-0.3, -0.25) is 0 Å². The summed E-state index contributed by atoms with van der Waals surface area (Å²) in [4.78, 5) is 16.9. The molecule has 0 fully saturated rings. The van der Waals surface area contributed by atoms with E-state index < -0.39 is 12.3 Å². The van der Waals surface area contributed by atoms with Crippen LogP contribution < -0.4 is 0 Å². The SMILES string of the molecule is CCOC(=O)C(=NOC)c1ccccc1C(OCC)OCC. The maximum atomic E-state index is 12.1. The van der Waals surface area contributed by atoms with Gasteiger partial charge in [-0.15, -0.1) is 0 Å². The van der Waals surface area contributed by atoms with Gasteiger partial charge < -0.3 is 19.0 Å². The number of benzene rings is 1. The predicted octanol–water partition coefficient (Wildman–Crippen LogP) is 2.67. The van der Waals surface area contributed by atoms with Crippen molar-refractivity contribution in [3.63, 3.8) is 0 Å². The molecule has 0 heterocycles. The molecular weight excluding hydrogens is 286 g/mol. The molecule has 6 nitrogen and oxygen atoms in total. The lowest BCUT2D eigenvalue weighted by Gasteiger charge is -2.20. The number of carbonyl (C=O) groups excluding carboxylic acids is 1. The second-order valence-electron chi connectivity index (χ2n) is 4.17. The van der Waals surface area contributed by atoms with Crippen molar-refractivity contribution in [2.45, 2.75) is 27.1 Å². The molecule has 6 heteroatoms. The standard InChI is InChI=1S/C16H23NO5/c1-5-20-15(18)14(17-19-4)12-10-8-9-11-13(12)16(21-6-2)22-7-3/h8-11,16H,5-7H2,1-4H3. The number of esters is 1. The Morgan fingerprint density at radius 3 is 2.27 bits per heavy atom. The topological polar surface area (TPSA) is 66.4 Å². The number of nitrogens with zero attached hydrogens (tertiary/aromatic N) is 1. The van der Waals surface area contributed by atoms with Crippen LogP contribution in [0, 0.1) is 0 Å². The van der Waals surface area contributed by atoms with Crippen LogP contribution in [0.3, 0.4) is 0 Å². The molecule has 0 aromatic heterocycles. The highest BCUT2D eigenvalue weighted by Crippen LogP contribution is 2.24. The number of carbonyl (C=O) groups is 1. The smallest absolute Gasteiger partial charge is 0.361 e. The second kappa shape index (κ2) is 9.92. The van der Waals surface area contributed by atoms with E-state index in [4.69, 9.17) is 19.0 Å². The van der Waals surface area contributed by atoms with Gasteiger partial charge in [-0.25, -0.2) is 4.79 Å². The molecule has 0 aliphatic carbocycles. The zero-order valence-corrected chi connectivity index (χ0v) is 13.5. The quantitative estimate of drug-likeness (QED) is 0.304. The first-order valence-corrected chi connectivity index (χ1v) is 7.30. The normalized spacial score (nSPS) is 11.6. The molecule has 0 aliphatic heterocycles. The minimum absolute atomic E-state index is 0.0874. The summed E-state index contributed by atoms with van der Waals surface area (Å²) in [5, 5.41) is 3.81. The fraction of sp³-hybridized carbons (Fsp3) is 0.500. The maximum Gasteiger partial charge on any atom is 0.361 e. The van der Waals surface area contributed by atoms with E-state index in [0.717, 1.165) is 0 Å². The van der Waals surface area contributed by atoms with Crippen molar-refractivity contribution < 1.29 is 23.8 Å². The molecule has 0 spiro atoms. The third kappa shape index (κ3) is 4.82. The van der Waals surface area contributed by atoms with E-state index in [9.17, 15) is 4.79 Å².